The first-order valence-electron chi connectivity index (χ1n) is 8.31. The summed E-state index contributed by atoms with van der Waals surface area (Å²) >= 11 is 0. The molecular weight excluding hydrogens is 312 g/mol. The Labute approximate surface area is 145 Å². The summed E-state index contributed by atoms with van der Waals surface area (Å²) in [6.07, 6.45) is 1.80. The Morgan fingerprint density at radius 3 is 2.72 bits per heavy atom. The minimum absolute atomic E-state index is 0.0839. The molecule has 2 aromatic heterocycles. The summed E-state index contributed by atoms with van der Waals surface area (Å²) in [4.78, 5) is 22.9. The van der Waals surface area contributed by atoms with Gasteiger partial charge in [0, 0.05) is 22.7 Å². The summed E-state index contributed by atoms with van der Waals surface area (Å²) < 4.78 is 2.03. The molecule has 5 heteroatoms. The van der Waals surface area contributed by atoms with Crippen LogP contribution in [0.15, 0.2) is 54.7 Å². The van der Waals surface area contributed by atoms with E-state index in [4.69, 9.17) is 4.98 Å². The zero-order chi connectivity index (χ0) is 17.4. The van der Waals surface area contributed by atoms with Crippen molar-refractivity contribution in [2.75, 3.05) is 14.1 Å². The van der Waals surface area contributed by atoms with Gasteiger partial charge in [-0.15, -0.1) is 0 Å². The van der Waals surface area contributed by atoms with Crippen molar-refractivity contribution in [2.45, 2.75) is 13.1 Å². The standard InChI is InChI=1S/C20H20N4O/c1-23(2)13-20-22-17-9-5-6-10-18(17)24(20)12-19(25)15-11-21-16-8-4-3-7-14(15)16/h3-11,21H,12-13H2,1-2H3. The number of nitrogens with zero attached hydrogens (tertiary/aromatic N) is 3. The average molecular weight is 332 g/mol. The number of nitrogens with one attached hydrogen (secondary N) is 1. The highest BCUT2D eigenvalue weighted by atomic mass is 16.1. The highest BCUT2D eigenvalue weighted by molar-refractivity contribution is 6.08. The number of imidazole rings is 1. The van der Waals surface area contributed by atoms with E-state index in [-0.39, 0.29) is 12.3 Å². The van der Waals surface area contributed by atoms with Crippen LogP contribution in [0, 0.1) is 0 Å². The Kier molecular flexibility index (Phi) is 3.86. The second kappa shape index (κ2) is 6.18. The second-order valence-corrected chi connectivity index (χ2v) is 6.51. The Morgan fingerprint density at radius 1 is 1.12 bits per heavy atom. The smallest absolute Gasteiger partial charge is 0.184 e. The summed E-state index contributed by atoms with van der Waals surface area (Å²) in [5, 5.41) is 0.964. The van der Waals surface area contributed by atoms with Crippen molar-refractivity contribution in [3.05, 3.63) is 66.1 Å². The van der Waals surface area contributed by atoms with Crippen molar-refractivity contribution in [3.63, 3.8) is 0 Å². The Balaban J connectivity index is 1.75. The Bertz CT molecular complexity index is 1060. The van der Waals surface area contributed by atoms with Crippen LogP contribution in [-0.4, -0.2) is 39.3 Å². The van der Waals surface area contributed by atoms with E-state index < -0.39 is 0 Å². The fourth-order valence-corrected chi connectivity index (χ4v) is 3.24. The van der Waals surface area contributed by atoms with Gasteiger partial charge in [0.2, 0.25) is 0 Å². The normalized spacial score (nSPS) is 11.6. The molecule has 2 heterocycles. The number of hydrogen-bond acceptors (Lipinski definition) is 3. The molecule has 1 N–H and O–H groups in total. The fraction of sp³-hybridized carbons (Fsp3) is 0.200. The predicted molar refractivity (Wildman–Crippen MR) is 99.8 cm³/mol. The third kappa shape index (κ3) is 2.83. The van der Waals surface area contributed by atoms with Crippen LogP contribution in [0.2, 0.25) is 0 Å². The molecule has 4 aromatic rings. The Hall–Kier alpha value is -2.92. The number of Topliss-reactive ketones (excluding diaryl/α,β-unsaturated/α-hetero) is 1. The van der Waals surface area contributed by atoms with Gasteiger partial charge in [-0.25, -0.2) is 4.98 Å². The minimum Gasteiger partial charge on any atom is -0.360 e. The summed E-state index contributed by atoms with van der Waals surface area (Å²) in [6, 6.07) is 15.8. The molecule has 0 amide bonds. The van der Waals surface area contributed by atoms with Gasteiger partial charge in [-0.2, -0.15) is 0 Å². The highest BCUT2D eigenvalue weighted by Gasteiger charge is 2.17. The summed E-state index contributed by atoms with van der Waals surface area (Å²) in [6.45, 7) is 0.974. The molecule has 5 nitrogen and oxygen atoms in total. The molecule has 0 aliphatic rings. The zero-order valence-corrected chi connectivity index (χ0v) is 14.4. The van der Waals surface area contributed by atoms with Crippen LogP contribution in [0.5, 0.6) is 0 Å². The second-order valence-electron chi connectivity index (χ2n) is 6.51. The van der Waals surface area contributed by atoms with Crippen molar-refractivity contribution >= 4 is 27.7 Å². The van der Waals surface area contributed by atoms with E-state index in [9.17, 15) is 4.79 Å². The van der Waals surface area contributed by atoms with Crippen LogP contribution in [-0.2, 0) is 13.1 Å². The molecule has 0 radical (unpaired) electrons. The molecular formula is C20H20N4O. The van der Waals surface area contributed by atoms with Crippen molar-refractivity contribution in [1.29, 1.82) is 0 Å². The number of para-hydroxylation sites is 3. The Morgan fingerprint density at radius 2 is 1.88 bits per heavy atom. The predicted octanol–water partition coefficient (Wildman–Crippen LogP) is 3.46. The van der Waals surface area contributed by atoms with Crippen molar-refractivity contribution in [3.8, 4) is 0 Å². The van der Waals surface area contributed by atoms with Crippen LogP contribution in [0.1, 0.15) is 16.2 Å². The first-order chi connectivity index (χ1) is 12.1. The lowest BCUT2D eigenvalue weighted by molar-refractivity contribution is 0.0973. The maximum Gasteiger partial charge on any atom is 0.184 e. The lowest BCUT2D eigenvalue weighted by atomic mass is 10.1. The maximum absolute atomic E-state index is 13.0. The summed E-state index contributed by atoms with van der Waals surface area (Å²) in [7, 11) is 4.01. The van der Waals surface area contributed by atoms with E-state index in [2.05, 4.69) is 9.88 Å². The quantitative estimate of drug-likeness (QED) is 0.569. The number of aromatic nitrogens is 3. The lowest BCUT2D eigenvalue weighted by Gasteiger charge is -2.12. The van der Waals surface area contributed by atoms with Crippen molar-refractivity contribution < 1.29 is 4.79 Å². The van der Waals surface area contributed by atoms with Crippen LogP contribution >= 0.6 is 0 Å². The first-order valence-corrected chi connectivity index (χ1v) is 8.31. The lowest BCUT2D eigenvalue weighted by Crippen LogP contribution is -2.18. The number of carbonyl (C=O) groups excluding carboxylic acids is 1. The first kappa shape index (κ1) is 15.6. The number of carbonyl (C=O) groups is 1. The van der Waals surface area contributed by atoms with Gasteiger partial charge in [-0.05, 0) is 32.3 Å². The van der Waals surface area contributed by atoms with Gasteiger partial charge in [0.25, 0.3) is 0 Å². The molecule has 0 aliphatic heterocycles. The molecule has 0 saturated carbocycles. The number of benzene rings is 2. The molecule has 25 heavy (non-hydrogen) atoms. The van der Waals surface area contributed by atoms with Crippen molar-refractivity contribution in [1.82, 2.24) is 19.4 Å². The number of hydrogen-bond donors (Lipinski definition) is 1. The number of ketones is 1. The van der Waals surface area contributed by atoms with Gasteiger partial charge in [-0.3, -0.25) is 4.79 Å². The average Bonchev–Trinajstić information content (AvgIpc) is 3.16. The molecule has 2 aromatic carbocycles. The monoisotopic (exact) mass is 332 g/mol. The topological polar surface area (TPSA) is 53.9 Å². The number of H-pyrrole nitrogens is 1. The molecule has 0 aliphatic carbocycles. The van der Waals surface area contributed by atoms with Crippen LogP contribution in [0.25, 0.3) is 21.9 Å². The maximum atomic E-state index is 13.0. The molecule has 0 bridgehead atoms. The van der Waals surface area contributed by atoms with Gasteiger partial charge in [0.05, 0.1) is 24.1 Å². The molecule has 0 unspecified atom stereocenters. The number of aromatic amines is 1. The minimum atomic E-state index is 0.0839. The van der Waals surface area contributed by atoms with E-state index in [0.29, 0.717) is 6.54 Å². The fourth-order valence-electron chi connectivity index (χ4n) is 3.24. The molecule has 0 spiro atoms. The van der Waals surface area contributed by atoms with Crippen LogP contribution in [0.3, 0.4) is 0 Å². The van der Waals surface area contributed by atoms with E-state index >= 15 is 0 Å². The number of rotatable bonds is 5. The van der Waals surface area contributed by atoms with E-state index in [1.54, 1.807) is 6.20 Å². The highest BCUT2D eigenvalue weighted by Crippen LogP contribution is 2.21. The molecule has 126 valence electrons. The number of fused-ring (bicyclic) bond motifs is 2. The van der Waals surface area contributed by atoms with E-state index in [1.807, 2.05) is 67.2 Å². The third-order valence-corrected chi connectivity index (χ3v) is 4.38. The summed E-state index contributed by atoms with van der Waals surface area (Å²) in [5.74, 6) is 0.986. The van der Waals surface area contributed by atoms with E-state index in [0.717, 1.165) is 33.3 Å². The van der Waals surface area contributed by atoms with Crippen LogP contribution in [0.4, 0.5) is 0 Å². The molecule has 0 fully saturated rings. The van der Waals surface area contributed by atoms with Gasteiger partial charge < -0.3 is 14.5 Å². The van der Waals surface area contributed by atoms with Gasteiger partial charge in [0.15, 0.2) is 5.78 Å². The van der Waals surface area contributed by atoms with Crippen molar-refractivity contribution in [2.24, 2.45) is 0 Å². The third-order valence-electron chi connectivity index (χ3n) is 4.38. The molecule has 0 saturated heterocycles. The van der Waals surface area contributed by atoms with Gasteiger partial charge >= 0.3 is 0 Å². The summed E-state index contributed by atoms with van der Waals surface area (Å²) in [5.41, 5.74) is 3.62. The molecule has 4 rings (SSSR count). The van der Waals surface area contributed by atoms with E-state index in [1.165, 1.54) is 0 Å². The van der Waals surface area contributed by atoms with Gasteiger partial charge in [0.1, 0.15) is 5.82 Å². The van der Waals surface area contributed by atoms with Crippen LogP contribution < -0.4 is 0 Å². The largest absolute Gasteiger partial charge is 0.360 e. The SMILES string of the molecule is CN(C)Cc1nc2ccccc2n1CC(=O)c1c[nH]c2ccccc12. The molecule has 0 atom stereocenters. The zero-order valence-electron chi connectivity index (χ0n) is 14.4. The van der Waals surface area contributed by atoms with Gasteiger partial charge in [-0.1, -0.05) is 30.3 Å².